The van der Waals surface area contributed by atoms with Crippen LogP contribution in [-0.2, 0) is 0 Å². The van der Waals surface area contributed by atoms with Crippen molar-refractivity contribution < 1.29 is 9.18 Å². The second-order valence-corrected chi connectivity index (χ2v) is 8.66. The fourth-order valence-corrected chi connectivity index (χ4v) is 4.38. The summed E-state index contributed by atoms with van der Waals surface area (Å²) in [6.45, 7) is 6.19. The molecule has 4 aromatic rings. The highest BCUT2D eigenvalue weighted by Gasteiger charge is 2.16. The third-order valence-electron chi connectivity index (χ3n) is 5.40. The zero-order valence-electron chi connectivity index (χ0n) is 19.5. The van der Waals surface area contributed by atoms with Crippen molar-refractivity contribution in [3.63, 3.8) is 0 Å². The van der Waals surface area contributed by atoms with E-state index in [0.29, 0.717) is 21.4 Å². The van der Waals surface area contributed by atoms with E-state index in [1.807, 2.05) is 42.5 Å². The summed E-state index contributed by atoms with van der Waals surface area (Å²) >= 11 is 1.28. The summed E-state index contributed by atoms with van der Waals surface area (Å²) in [5, 5.41) is 8.34. The molecule has 0 bridgehead atoms. The fourth-order valence-electron chi connectivity index (χ4n) is 3.54. The molecule has 2 N–H and O–H groups in total. The Hall–Kier alpha value is -4.04. The van der Waals surface area contributed by atoms with E-state index in [9.17, 15) is 9.18 Å². The van der Waals surface area contributed by atoms with Crippen LogP contribution in [0.4, 0.5) is 20.2 Å². The summed E-state index contributed by atoms with van der Waals surface area (Å²) in [5.41, 5.74) is 6.96. The lowest BCUT2D eigenvalue weighted by atomic mass is 10.1. The van der Waals surface area contributed by atoms with Gasteiger partial charge in [0.1, 0.15) is 16.5 Å². The molecule has 6 nitrogen and oxygen atoms in total. The van der Waals surface area contributed by atoms with Crippen molar-refractivity contribution in [1.82, 2.24) is 4.98 Å². The maximum atomic E-state index is 13.2. The normalized spacial score (nSPS) is 10.9. The van der Waals surface area contributed by atoms with Crippen LogP contribution in [0.2, 0.25) is 0 Å². The van der Waals surface area contributed by atoms with Gasteiger partial charge in [-0.2, -0.15) is 5.10 Å². The van der Waals surface area contributed by atoms with Gasteiger partial charge in [-0.15, -0.1) is 0 Å². The molecule has 3 aromatic carbocycles. The van der Waals surface area contributed by atoms with Gasteiger partial charge in [-0.05, 0) is 55.8 Å². The average Bonchev–Trinajstić information content (AvgIpc) is 3.29. The van der Waals surface area contributed by atoms with E-state index in [2.05, 4.69) is 51.7 Å². The summed E-state index contributed by atoms with van der Waals surface area (Å²) in [6, 6.07) is 23.2. The Morgan fingerprint density at radius 3 is 2.34 bits per heavy atom. The molecule has 0 fully saturated rings. The van der Waals surface area contributed by atoms with Crippen molar-refractivity contribution in [3.05, 3.63) is 95.8 Å². The van der Waals surface area contributed by atoms with Crippen LogP contribution in [-0.4, -0.2) is 30.2 Å². The smallest absolute Gasteiger partial charge is 0.256 e. The highest BCUT2D eigenvalue weighted by Crippen LogP contribution is 2.36. The van der Waals surface area contributed by atoms with Crippen LogP contribution < -0.4 is 15.6 Å². The number of aromatic nitrogens is 1. The molecule has 0 aliphatic carbocycles. The largest absolute Gasteiger partial charge is 0.372 e. The molecule has 0 radical (unpaired) electrons. The van der Waals surface area contributed by atoms with Crippen LogP contribution in [0, 0.1) is 5.82 Å². The first-order valence-electron chi connectivity index (χ1n) is 11.3. The van der Waals surface area contributed by atoms with E-state index < -0.39 is 5.82 Å². The summed E-state index contributed by atoms with van der Waals surface area (Å²) < 4.78 is 13.2. The van der Waals surface area contributed by atoms with Crippen LogP contribution in [0.3, 0.4) is 0 Å². The molecule has 1 heterocycles. The SMILES string of the molecule is CCN(CC)c1ccc(C=NNc2nc(-c3ccccc3)c(NC(=O)c3ccc(F)cc3)s2)cc1. The predicted octanol–water partition coefficient (Wildman–Crippen LogP) is 6.49. The number of anilines is 3. The van der Waals surface area contributed by atoms with Crippen molar-refractivity contribution in [2.45, 2.75) is 13.8 Å². The number of rotatable bonds is 9. The minimum absolute atomic E-state index is 0.339. The van der Waals surface area contributed by atoms with Gasteiger partial charge in [0.25, 0.3) is 5.91 Å². The Labute approximate surface area is 208 Å². The summed E-state index contributed by atoms with van der Waals surface area (Å²) in [7, 11) is 0. The fraction of sp³-hybridized carbons (Fsp3) is 0.148. The van der Waals surface area contributed by atoms with Gasteiger partial charge in [-0.25, -0.2) is 9.37 Å². The minimum Gasteiger partial charge on any atom is -0.372 e. The molecule has 0 saturated carbocycles. The van der Waals surface area contributed by atoms with Crippen LogP contribution in [0.1, 0.15) is 29.8 Å². The molecule has 0 aliphatic rings. The Morgan fingerprint density at radius 2 is 1.69 bits per heavy atom. The first-order chi connectivity index (χ1) is 17.1. The van der Waals surface area contributed by atoms with E-state index in [1.54, 1.807) is 6.21 Å². The topological polar surface area (TPSA) is 69.6 Å². The number of nitrogens with one attached hydrogen (secondary N) is 2. The van der Waals surface area contributed by atoms with E-state index in [1.165, 1.54) is 41.3 Å². The zero-order chi connectivity index (χ0) is 24.6. The van der Waals surface area contributed by atoms with Gasteiger partial charge in [-0.3, -0.25) is 10.2 Å². The third kappa shape index (κ3) is 6.10. The molecule has 1 amide bonds. The summed E-state index contributed by atoms with van der Waals surface area (Å²) in [5.74, 6) is -0.731. The highest BCUT2D eigenvalue weighted by molar-refractivity contribution is 7.20. The number of hydrazone groups is 1. The van der Waals surface area contributed by atoms with Crippen molar-refractivity contribution in [3.8, 4) is 11.3 Å². The summed E-state index contributed by atoms with van der Waals surface area (Å²) in [4.78, 5) is 19.7. The molecule has 1 aromatic heterocycles. The lowest BCUT2D eigenvalue weighted by molar-refractivity contribution is 0.102. The number of carbonyl (C=O) groups is 1. The van der Waals surface area contributed by atoms with Crippen molar-refractivity contribution in [2.24, 2.45) is 5.10 Å². The highest BCUT2D eigenvalue weighted by atomic mass is 32.1. The quantitative estimate of drug-likeness (QED) is 0.209. The first kappa shape index (κ1) is 24.1. The maximum Gasteiger partial charge on any atom is 0.256 e. The van der Waals surface area contributed by atoms with Gasteiger partial charge in [0.15, 0.2) is 0 Å². The van der Waals surface area contributed by atoms with E-state index in [4.69, 9.17) is 0 Å². The second-order valence-electron chi connectivity index (χ2n) is 7.66. The molecule has 35 heavy (non-hydrogen) atoms. The van der Waals surface area contributed by atoms with Crippen molar-refractivity contribution in [2.75, 3.05) is 28.7 Å². The Bertz CT molecular complexity index is 1280. The van der Waals surface area contributed by atoms with Crippen LogP contribution in [0.25, 0.3) is 11.3 Å². The number of halogens is 1. The number of benzene rings is 3. The molecule has 178 valence electrons. The Balaban J connectivity index is 1.51. The van der Waals surface area contributed by atoms with Crippen LogP contribution in [0.5, 0.6) is 0 Å². The maximum absolute atomic E-state index is 13.2. The van der Waals surface area contributed by atoms with Gasteiger partial charge in [0.2, 0.25) is 5.13 Å². The molecule has 8 heteroatoms. The van der Waals surface area contributed by atoms with E-state index >= 15 is 0 Å². The standard InChI is InChI=1S/C27H26FN5OS/c1-3-33(4-2)23-16-10-19(11-17-23)18-29-32-27-30-24(20-8-6-5-7-9-20)26(35-27)31-25(34)21-12-14-22(28)15-13-21/h5-18H,3-4H2,1-2H3,(H,30,32)(H,31,34). The average molecular weight is 488 g/mol. The second kappa shape index (κ2) is 11.4. The number of nitrogens with zero attached hydrogens (tertiary/aromatic N) is 3. The van der Waals surface area contributed by atoms with Crippen LogP contribution >= 0.6 is 11.3 Å². The lowest BCUT2D eigenvalue weighted by Crippen LogP contribution is -2.21. The number of amides is 1. The molecule has 0 saturated heterocycles. The van der Waals surface area contributed by atoms with Crippen LogP contribution in [0.15, 0.2) is 84.0 Å². The molecule has 4 rings (SSSR count). The lowest BCUT2D eigenvalue weighted by Gasteiger charge is -2.20. The van der Waals surface area contributed by atoms with Crippen molar-refractivity contribution in [1.29, 1.82) is 0 Å². The number of hydrogen-bond acceptors (Lipinski definition) is 6. The van der Waals surface area contributed by atoms with E-state index in [-0.39, 0.29) is 5.91 Å². The summed E-state index contributed by atoms with van der Waals surface area (Å²) in [6.07, 6.45) is 1.73. The van der Waals surface area contributed by atoms with Gasteiger partial charge in [0, 0.05) is 29.9 Å². The van der Waals surface area contributed by atoms with Gasteiger partial charge >= 0.3 is 0 Å². The Morgan fingerprint density at radius 1 is 1.00 bits per heavy atom. The molecule has 0 atom stereocenters. The minimum atomic E-state index is -0.392. The van der Waals surface area contributed by atoms with Gasteiger partial charge in [-0.1, -0.05) is 53.8 Å². The monoisotopic (exact) mass is 487 g/mol. The third-order valence-corrected chi connectivity index (χ3v) is 6.28. The zero-order valence-corrected chi connectivity index (χ0v) is 20.3. The predicted molar refractivity (Wildman–Crippen MR) is 143 cm³/mol. The van der Waals surface area contributed by atoms with Gasteiger partial charge < -0.3 is 10.2 Å². The molecule has 0 spiro atoms. The Kier molecular flexibility index (Phi) is 7.84. The number of thiazole rings is 1. The van der Waals surface area contributed by atoms with Gasteiger partial charge in [0.05, 0.1) is 6.21 Å². The number of carbonyl (C=O) groups excluding carboxylic acids is 1. The van der Waals surface area contributed by atoms with E-state index in [0.717, 1.165) is 24.2 Å². The van der Waals surface area contributed by atoms with Crippen molar-refractivity contribution >= 4 is 39.3 Å². The molecule has 0 aliphatic heterocycles. The molecule has 0 unspecified atom stereocenters. The molecular formula is C27H26FN5OS. The number of hydrogen-bond donors (Lipinski definition) is 2. The first-order valence-corrected chi connectivity index (χ1v) is 12.2. The molecular weight excluding hydrogens is 461 g/mol.